The summed E-state index contributed by atoms with van der Waals surface area (Å²) in [5.74, 6) is -1.44. The van der Waals surface area contributed by atoms with Crippen molar-refractivity contribution >= 4 is 21.4 Å². The Hall–Kier alpha value is 1.77. The Kier molecular flexibility index (Phi) is 15.8. The summed E-state index contributed by atoms with van der Waals surface area (Å²) in [6.45, 7) is -2.48. The number of hydrogen-bond donors (Lipinski definition) is 5. The van der Waals surface area contributed by atoms with Crippen molar-refractivity contribution in [3.8, 4) is 0 Å². The standard InChI is InChI=1S/C6H14O12P2.2Na/c7-3(1-17-19(11,12)13)5(9)6(10)4(8)2-18-20(14,15)16;;/h3,5-7,9-10H,1-2H2,(H2,11,12,13)(H2,14,15,16);;/q;2*+1/p-2/t3-,5-,6-;;/m1../s1. The van der Waals surface area contributed by atoms with E-state index in [4.69, 9.17) is 9.79 Å². The number of carbonyl (C=O) groups excluding carboxylic acids is 1. The van der Waals surface area contributed by atoms with Crippen molar-refractivity contribution < 1.29 is 117 Å². The van der Waals surface area contributed by atoms with Gasteiger partial charge in [-0.3, -0.25) is 9.32 Å². The summed E-state index contributed by atoms with van der Waals surface area (Å²) in [7, 11) is -10.4. The first-order chi connectivity index (χ1) is 8.83. The van der Waals surface area contributed by atoms with Gasteiger partial charge in [-0.15, -0.1) is 0 Å². The van der Waals surface area contributed by atoms with Gasteiger partial charge in [0.1, 0.15) is 24.9 Å². The second kappa shape index (κ2) is 12.2. The number of hydrogen-bond acceptors (Lipinski definition) is 10. The van der Waals surface area contributed by atoms with E-state index >= 15 is 0 Å². The third-order valence-corrected chi connectivity index (χ3v) is 2.76. The maximum absolute atomic E-state index is 11.1. The van der Waals surface area contributed by atoms with Crippen LogP contribution in [0.15, 0.2) is 0 Å². The first kappa shape index (κ1) is 28.6. The number of rotatable bonds is 9. The fourth-order valence-corrected chi connectivity index (χ4v) is 1.53. The molecule has 120 valence electrons. The van der Waals surface area contributed by atoms with Crippen LogP contribution < -0.4 is 68.9 Å². The average molecular weight is 384 g/mol. The van der Waals surface area contributed by atoms with E-state index in [1.807, 2.05) is 0 Å². The Bertz CT molecular complexity index is 420. The number of ketones is 1. The molecule has 0 saturated carbocycles. The summed E-state index contributed by atoms with van der Waals surface area (Å²) >= 11 is 0. The van der Waals surface area contributed by atoms with Gasteiger partial charge >= 0.3 is 66.9 Å². The van der Waals surface area contributed by atoms with E-state index in [1.54, 1.807) is 0 Å². The summed E-state index contributed by atoms with van der Waals surface area (Å²) in [5, 5.41) is 27.6. The van der Waals surface area contributed by atoms with E-state index in [2.05, 4.69) is 9.05 Å². The molecular weight excluding hydrogens is 372 g/mol. The van der Waals surface area contributed by atoms with Crippen molar-refractivity contribution in [3.63, 3.8) is 0 Å². The predicted octanol–water partition coefficient (Wildman–Crippen LogP) is -10.4. The van der Waals surface area contributed by atoms with Gasteiger partial charge in [-0.05, 0) is 0 Å². The van der Waals surface area contributed by atoms with Crippen LogP contribution in [-0.2, 0) is 23.0 Å². The van der Waals surface area contributed by atoms with Crippen molar-refractivity contribution in [1.82, 2.24) is 0 Å². The molecule has 16 heteroatoms. The predicted molar refractivity (Wildman–Crippen MR) is 54.6 cm³/mol. The molecule has 0 rings (SSSR count). The molecule has 22 heavy (non-hydrogen) atoms. The van der Waals surface area contributed by atoms with Gasteiger partial charge in [0.2, 0.25) is 0 Å². The van der Waals surface area contributed by atoms with E-state index in [9.17, 15) is 39.0 Å². The molecule has 3 atom stereocenters. The summed E-state index contributed by atoms with van der Waals surface area (Å²) < 4.78 is 27.7. The van der Waals surface area contributed by atoms with Crippen LogP contribution in [0.1, 0.15) is 0 Å². The zero-order chi connectivity index (χ0) is 16.1. The summed E-state index contributed by atoms with van der Waals surface area (Å²) in [6, 6.07) is 0. The van der Waals surface area contributed by atoms with Crippen molar-refractivity contribution in [3.05, 3.63) is 0 Å². The third-order valence-electron chi connectivity index (χ3n) is 1.83. The SMILES string of the molecule is O=C(COP(=O)([O-])[O-])[C@@H](O)[C@H](O)[C@H](O)COP(=O)(O)O.[Na+].[Na+]. The van der Waals surface area contributed by atoms with Crippen molar-refractivity contribution in [2.45, 2.75) is 18.3 Å². The largest absolute Gasteiger partial charge is 1.00 e. The van der Waals surface area contributed by atoms with Gasteiger partial charge in [0.15, 0.2) is 5.78 Å². The van der Waals surface area contributed by atoms with Crippen LogP contribution >= 0.6 is 15.6 Å². The normalized spacial score (nSPS) is 16.0. The quantitative estimate of drug-likeness (QED) is 0.185. The maximum Gasteiger partial charge on any atom is 1.00 e. The average Bonchev–Trinajstić information content (AvgIpc) is 2.29. The molecule has 0 aliphatic rings. The molecule has 5 N–H and O–H groups in total. The van der Waals surface area contributed by atoms with E-state index in [1.165, 1.54) is 0 Å². The minimum Gasteiger partial charge on any atom is -0.790 e. The molecule has 0 heterocycles. The van der Waals surface area contributed by atoms with Crippen molar-refractivity contribution in [2.24, 2.45) is 0 Å². The van der Waals surface area contributed by atoms with E-state index < -0.39 is 53.0 Å². The molecule has 0 fully saturated rings. The smallest absolute Gasteiger partial charge is 0.790 e. The molecule has 0 spiro atoms. The summed E-state index contributed by atoms with van der Waals surface area (Å²) in [6.07, 6.45) is -6.65. The van der Waals surface area contributed by atoms with E-state index in [0.717, 1.165) is 0 Å². The number of phosphoric acid groups is 2. The summed E-state index contributed by atoms with van der Waals surface area (Å²) in [5.41, 5.74) is 0. The van der Waals surface area contributed by atoms with Crippen LogP contribution in [0.5, 0.6) is 0 Å². The van der Waals surface area contributed by atoms with Crippen LogP contribution in [0.25, 0.3) is 0 Å². The van der Waals surface area contributed by atoms with Crippen LogP contribution in [0.4, 0.5) is 0 Å². The van der Waals surface area contributed by atoms with Gasteiger partial charge in [0, 0.05) is 0 Å². The topological polar surface area (TPSA) is 217 Å². The zero-order valence-electron chi connectivity index (χ0n) is 11.6. The number of carbonyl (C=O) groups is 1. The second-order valence-electron chi connectivity index (χ2n) is 3.48. The first-order valence-electron chi connectivity index (χ1n) is 4.77. The van der Waals surface area contributed by atoms with Gasteiger partial charge in [-0.1, -0.05) is 0 Å². The summed E-state index contributed by atoms with van der Waals surface area (Å²) in [4.78, 5) is 47.9. The fraction of sp³-hybridized carbons (Fsp3) is 0.833. The van der Waals surface area contributed by atoms with Crippen LogP contribution in [0.2, 0.25) is 0 Å². The Morgan fingerprint density at radius 3 is 1.86 bits per heavy atom. The molecule has 0 aliphatic heterocycles. The Balaban J connectivity index is -0.00000180. The molecule has 12 nitrogen and oxygen atoms in total. The molecule has 0 aromatic rings. The van der Waals surface area contributed by atoms with Gasteiger partial charge in [-0.25, -0.2) is 4.57 Å². The Morgan fingerprint density at radius 2 is 1.50 bits per heavy atom. The number of Topliss-reactive ketones (excluding diaryl/α,β-unsaturated/α-hetero) is 1. The Morgan fingerprint density at radius 1 is 1.05 bits per heavy atom. The molecule has 0 bridgehead atoms. The van der Waals surface area contributed by atoms with Crippen LogP contribution in [0, 0.1) is 0 Å². The van der Waals surface area contributed by atoms with Gasteiger partial charge < -0.3 is 44.0 Å². The molecule has 0 aromatic carbocycles. The van der Waals surface area contributed by atoms with E-state index in [0.29, 0.717) is 0 Å². The van der Waals surface area contributed by atoms with E-state index in [-0.39, 0.29) is 59.1 Å². The Labute approximate surface area is 168 Å². The molecule has 0 unspecified atom stereocenters. The number of aliphatic hydroxyl groups excluding tert-OH is 3. The molecule has 0 amide bonds. The number of aliphatic hydroxyl groups is 3. The fourth-order valence-electron chi connectivity index (χ4n) is 0.901. The van der Waals surface area contributed by atoms with Crippen molar-refractivity contribution in [1.29, 1.82) is 0 Å². The van der Waals surface area contributed by atoms with Crippen LogP contribution in [-0.4, -0.2) is 62.4 Å². The molecule has 0 radical (unpaired) electrons. The minimum atomic E-state index is -5.45. The zero-order valence-corrected chi connectivity index (χ0v) is 17.4. The molecule has 0 aromatic heterocycles. The van der Waals surface area contributed by atoms with Crippen molar-refractivity contribution in [2.75, 3.05) is 13.2 Å². The van der Waals surface area contributed by atoms with Crippen LogP contribution in [0.3, 0.4) is 0 Å². The van der Waals surface area contributed by atoms with Gasteiger partial charge in [-0.2, -0.15) is 0 Å². The minimum absolute atomic E-state index is 0. The molecule has 0 aliphatic carbocycles. The third kappa shape index (κ3) is 14.1. The number of phosphoric ester groups is 2. The monoisotopic (exact) mass is 384 g/mol. The van der Waals surface area contributed by atoms with Gasteiger partial charge in [0.25, 0.3) is 0 Å². The second-order valence-corrected chi connectivity index (χ2v) is 5.87. The maximum atomic E-state index is 11.1. The van der Waals surface area contributed by atoms with Gasteiger partial charge in [0.05, 0.1) is 14.4 Å². The first-order valence-corrected chi connectivity index (χ1v) is 7.76. The molecule has 0 saturated heterocycles. The molecular formula is C6H12Na2O12P2.